The maximum atomic E-state index is 13.6. The van der Waals surface area contributed by atoms with Crippen LogP contribution in [0.1, 0.15) is 30.9 Å². The van der Waals surface area contributed by atoms with E-state index in [9.17, 15) is 9.59 Å². The highest BCUT2D eigenvalue weighted by atomic mass is 16.6. The molecule has 1 aliphatic heterocycles. The molecule has 2 aliphatic rings. The van der Waals surface area contributed by atoms with Crippen molar-refractivity contribution in [2.75, 3.05) is 6.61 Å². The zero-order chi connectivity index (χ0) is 18.1. The van der Waals surface area contributed by atoms with Gasteiger partial charge in [-0.2, -0.15) is 0 Å². The number of rotatable bonds is 5. The molecule has 2 aromatic rings. The van der Waals surface area contributed by atoms with E-state index in [0.717, 1.165) is 24.0 Å². The molecule has 0 bridgehead atoms. The van der Waals surface area contributed by atoms with E-state index >= 15 is 0 Å². The molecule has 1 aliphatic carbocycles. The van der Waals surface area contributed by atoms with E-state index < -0.39 is 11.5 Å². The molecule has 1 heterocycles. The highest BCUT2D eigenvalue weighted by Crippen LogP contribution is 2.49. The highest BCUT2D eigenvalue weighted by Gasteiger charge is 2.53. The summed E-state index contributed by atoms with van der Waals surface area (Å²) in [5, 5.41) is 0. The Morgan fingerprint density at radius 2 is 1.69 bits per heavy atom. The van der Waals surface area contributed by atoms with Crippen molar-refractivity contribution in [3.63, 3.8) is 0 Å². The summed E-state index contributed by atoms with van der Waals surface area (Å²) in [5.74, 6) is 0.151. The third kappa shape index (κ3) is 2.90. The fraction of sp³-hybridized carbons (Fsp3) is 0.364. The van der Waals surface area contributed by atoms with Crippen LogP contribution < -0.4 is 0 Å². The number of imide groups is 1. The van der Waals surface area contributed by atoms with Gasteiger partial charge in [-0.15, -0.1) is 0 Å². The smallest absolute Gasteiger partial charge is 0.417 e. The average molecular weight is 349 g/mol. The Balaban J connectivity index is 1.65. The third-order valence-corrected chi connectivity index (χ3v) is 5.71. The Morgan fingerprint density at radius 1 is 1.08 bits per heavy atom. The van der Waals surface area contributed by atoms with Gasteiger partial charge in [0.2, 0.25) is 5.91 Å². The number of hydrogen-bond acceptors (Lipinski definition) is 3. The van der Waals surface area contributed by atoms with Crippen LogP contribution in [0, 0.1) is 5.92 Å². The van der Waals surface area contributed by atoms with Crippen LogP contribution in [-0.4, -0.2) is 29.5 Å². The van der Waals surface area contributed by atoms with Gasteiger partial charge in [0.15, 0.2) is 0 Å². The summed E-state index contributed by atoms with van der Waals surface area (Å²) in [6, 6.07) is 19.5. The number of nitrogens with zero attached hydrogens (tertiary/aromatic N) is 1. The zero-order valence-electron chi connectivity index (χ0n) is 14.9. The van der Waals surface area contributed by atoms with Crippen LogP contribution in [0.5, 0.6) is 0 Å². The van der Waals surface area contributed by atoms with Gasteiger partial charge < -0.3 is 4.74 Å². The maximum absolute atomic E-state index is 13.6. The van der Waals surface area contributed by atoms with Crippen molar-refractivity contribution in [1.82, 2.24) is 4.90 Å². The first-order valence-corrected chi connectivity index (χ1v) is 9.20. The number of benzene rings is 2. The Hall–Kier alpha value is -2.62. The number of cyclic esters (lactones) is 1. The van der Waals surface area contributed by atoms with Gasteiger partial charge in [-0.3, -0.25) is 4.79 Å². The second kappa shape index (κ2) is 6.60. The molecule has 134 valence electrons. The molecule has 4 nitrogen and oxygen atoms in total. The van der Waals surface area contributed by atoms with Crippen LogP contribution in [0.15, 0.2) is 60.7 Å². The molecule has 0 aromatic heterocycles. The van der Waals surface area contributed by atoms with Crippen molar-refractivity contribution in [3.8, 4) is 0 Å². The summed E-state index contributed by atoms with van der Waals surface area (Å²) in [6.45, 7) is 2.24. The van der Waals surface area contributed by atoms with Crippen molar-refractivity contribution in [2.24, 2.45) is 5.92 Å². The van der Waals surface area contributed by atoms with Gasteiger partial charge >= 0.3 is 6.09 Å². The highest BCUT2D eigenvalue weighted by molar-refractivity contribution is 6.00. The molecule has 4 rings (SSSR count). The predicted molar refractivity (Wildman–Crippen MR) is 98.6 cm³/mol. The molecule has 0 radical (unpaired) electrons. The Morgan fingerprint density at radius 3 is 2.31 bits per heavy atom. The Labute approximate surface area is 153 Å². The van der Waals surface area contributed by atoms with Gasteiger partial charge in [0.25, 0.3) is 0 Å². The first-order chi connectivity index (χ1) is 12.6. The molecule has 1 saturated carbocycles. The molecule has 2 aromatic carbocycles. The molecule has 2 atom stereocenters. The van der Waals surface area contributed by atoms with Crippen LogP contribution in [0.25, 0.3) is 0 Å². The molecular formula is C22H23NO3. The van der Waals surface area contributed by atoms with Crippen LogP contribution in [-0.2, 0) is 21.4 Å². The van der Waals surface area contributed by atoms with E-state index in [0.29, 0.717) is 6.42 Å². The summed E-state index contributed by atoms with van der Waals surface area (Å²) in [5.41, 5.74) is 1.40. The normalized spacial score (nSPS) is 22.0. The quantitative estimate of drug-likeness (QED) is 0.821. The molecule has 0 N–H and O–H groups in total. The van der Waals surface area contributed by atoms with E-state index in [4.69, 9.17) is 4.74 Å². The fourth-order valence-corrected chi connectivity index (χ4v) is 3.97. The molecule has 2 fully saturated rings. The van der Waals surface area contributed by atoms with Gasteiger partial charge in [0.1, 0.15) is 6.61 Å². The molecular weight excluding hydrogens is 326 g/mol. The van der Waals surface area contributed by atoms with Crippen molar-refractivity contribution >= 4 is 12.0 Å². The van der Waals surface area contributed by atoms with Crippen LogP contribution >= 0.6 is 0 Å². The minimum absolute atomic E-state index is 0.130. The molecule has 1 unspecified atom stereocenters. The van der Waals surface area contributed by atoms with Crippen molar-refractivity contribution in [2.45, 2.75) is 37.6 Å². The number of hydrogen-bond donors (Lipinski definition) is 0. The summed E-state index contributed by atoms with van der Waals surface area (Å²) >= 11 is 0. The summed E-state index contributed by atoms with van der Waals surface area (Å²) in [6.07, 6.45) is 2.14. The van der Waals surface area contributed by atoms with Crippen LogP contribution in [0.4, 0.5) is 4.79 Å². The molecule has 26 heavy (non-hydrogen) atoms. The third-order valence-electron chi connectivity index (χ3n) is 5.71. The lowest BCUT2D eigenvalue weighted by Crippen LogP contribution is -2.51. The summed E-state index contributed by atoms with van der Waals surface area (Å²) in [4.78, 5) is 27.4. The van der Waals surface area contributed by atoms with Crippen molar-refractivity contribution < 1.29 is 14.3 Å². The number of carbonyl (C=O) groups is 2. The first kappa shape index (κ1) is 16.8. The summed E-state index contributed by atoms with van der Waals surface area (Å²) in [7, 11) is 0. The van der Waals surface area contributed by atoms with E-state index in [-0.39, 0.29) is 24.5 Å². The Bertz CT molecular complexity index is 801. The largest absolute Gasteiger partial charge is 0.447 e. The van der Waals surface area contributed by atoms with Crippen molar-refractivity contribution in [1.29, 1.82) is 0 Å². The van der Waals surface area contributed by atoms with Gasteiger partial charge in [0, 0.05) is 0 Å². The standard InChI is InChI=1S/C22H23NO3/c1-22(18-12-13-18,17-10-6-3-7-11-17)20(24)23-19(15-26-21(23)25)14-16-8-4-2-5-9-16/h2-11,18-19H,12-15H2,1H3/t19-,22?/m1/s1. The van der Waals surface area contributed by atoms with Gasteiger partial charge in [-0.05, 0) is 43.2 Å². The first-order valence-electron chi connectivity index (χ1n) is 9.20. The average Bonchev–Trinajstić information content (AvgIpc) is 3.47. The lowest BCUT2D eigenvalue weighted by molar-refractivity contribution is -0.135. The second-order valence-corrected chi connectivity index (χ2v) is 7.44. The lowest BCUT2D eigenvalue weighted by atomic mass is 9.76. The van der Waals surface area contributed by atoms with Crippen molar-refractivity contribution in [3.05, 3.63) is 71.8 Å². The van der Waals surface area contributed by atoms with Gasteiger partial charge in [-0.1, -0.05) is 60.7 Å². The fourth-order valence-electron chi connectivity index (χ4n) is 3.97. The van der Waals surface area contributed by atoms with Crippen LogP contribution in [0.3, 0.4) is 0 Å². The number of ether oxygens (including phenoxy) is 1. The van der Waals surface area contributed by atoms with E-state index in [1.54, 1.807) is 0 Å². The maximum Gasteiger partial charge on any atom is 0.417 e. The van der Waals surface area contributed by atoms with Gasteiger partial charge in [0.05, 0.1) is 11.5 Å². The predicted octanol–water partition coefficient (Wildman–Crippen LogP) is 3.94. The zero-order valence-corrected chi connectivity index (χ0v) is 14.9. The summed E-state index contributed by atoms with van der Waals surface area (Å²) < 4.78 is 5.27. The van der Waals surface area contributed by atoms with Gasteiger partial charge in [-0.25, -0.2) is 9.69 Å². The SMILES string of the molecule is CC(C(=O)N1C(=O)OC[C@H]1Cc1ccccc1)(c1ccccc1)C1CC1. The second-order valence-electron chi connectivity index (χ2n) is 7.44. The molecule has 4 heteroatoms. The number of carbonyl (C=O) groups excluding carboxylic acids is 2. The monoisotopic (exact) mass is 349 g/mol. The topological polar surface area (TPSA) is 46.6 Å². The number of amides is 2. The van der Waals surface area contributed by atoms with Crippen LogP contribution in [0.2, 0.25) is 0 Å². The van der Waals surface area contributed by atoms with E-state index in [1.165, 1.54) is 4.90 Å². The minimum atomic E-state index is -0.681. The molecule has 0 spiro atoms. The van der Waals surface area contributed by atoms with E-state index in [1.807, 2.05) is 67.6 Å². The molecule has 1 saturated heterocycles. The molecule has 2 amide bonds. The minimum Gasteiger partial charge on any atom is -0.447 e. The Kier molecular flexibility index (Phi) is 4.27. The van der Waals surface area contributed by atoms with E-state index in [2.05, 4.69) is 0 Å². The lowest BCUT2D eigenvalue weighted by Gasteiger charge is -2.33.